The Morgan fingerprint density at radius 1 is 1.28 bits per heavy atom. The highest BCUT2D eigenvalue weighted by molar-refractivity contribution is 6.31. The zero-order valence-electron chi connectivity index (χ0n) is 11.7. The summed E-state index contributed by atoms with van der Waals surface area (Å²) in [5, 5.41) is 4.53. The molecule has 0 aromatic heterocycles. The summed E-state index contributed by atoms with van der Waals surface area (Å²) in [5.74, 6) is 0.921. The lowest BCUT2D eigenvalue weighted by atomic mass is 9.79. The predicted molar refractivity (Wildman–Crippen MR) is 79.3 cm³/mol. The topological polar surface area (TPSA) is 12.0 Å². The van der Waals surface area contributed by atoms with E-state index < -0.39 is 0 Å². The first-order valence-corrected chi connectivity index (χ1v) is 7.49. The molecule has 1 unspecified atom stereocenters. The molecule has 0 radical (unpaired) electrons. The summed E-state index contributed by atoms with van der Waals surface area (Å²) in [7, 11) is 0. The average molecular weight is 266 g/mol. The first-order valence-electron chi connectivity index (χ1n) is 7.11. The fourth-order valence-corrected chi connectivity index (χ4v) is 3.03. The second-order valence-electron chi connectivity index (χ2n) is 5.60. The molecule has 1 nitrogen and oxygen atoms in total. The largest absolute Gasteiger partial charge is 0.310 e. The SMILES string of the molecule is CCNC(CC1CCC1)c1cc(C)c(Cl)cc1C. The second-order valence-corrected chi connectivity index (χ2v) is 6.01. The lowest BCUT2D eigenvalue weighted by Crippen LogP contribution is -2.26. The van der Waals surface area contributed by atoms with E-state index in [-0.39, 0.29) is 0 Å². The van der Waals surface area contributed by atoms with Gasteiger partial charge in [0.05, 0.1) is 0 Å². The Hall–Kier alpha value is -0.530. The lowest BCUT2D eigenvalue weighted by Gasteiger charge is -2.31. The third-order valence-corrected chi connectivity index (χ3v) is 4.57. The molecule has 0 saturated heterocycles. The van der Waals surface area contributed by atoms with Gasteiger partial charge in [-0.2, -0.15) is 0 Å². The van der Waals surface area contributed by atoms with Crippen LogP contribution < -0.4 is 5.32 Å². The van der Waals surface area contributed by atoms with Crippen molar-refractivity contribution in [1.82, 2.24) is 5.32 Å². The van der Waals surface area contributed by atoms with Crippen LogP contribution in [0.3, 0.4) is 0 Å². The van der Waals surface area contributed by atoms with Crippen molar-refractivity contribution in [3.63, 3.8) is 0 Å². The minimum Gasteiger partial charge on any atom is -0.310 e. The molecule has 1 aromatic rings. The Kier molecular flexibility index (Phi) is 4.69. The Bertz CT molecular complexity index is 410. The molecule has 18 heavy (non-hydrogen) atoms. The molecule has 100 valence electrons. The number of hydrogen-bond acceptors (Lipinski definition) is 1. The van der Waals surface area contributed by atoms with Crippen molar-refractivity contribution in [2.45, 2.75) is 52.5 Å². The Morgan fingerprint density at radius 2 is 2.00 bits per heavy atom. The number of benzene rings is 1. The van der Waals surface area contributed by atoms with E-state index in [1.165, 1.54) is 42.4 Å². The quantitative estimate of drug-likeness (QED) is 0.807. The van der Waals surface area contributed by atoms with Gasteiger partial charge in [-0.3, -0.25) is 0 Å². The summed E-state index contributed by atoms with van der Waals surface area (Å²) >= 11 is 6.19. The van der Waals surface area contributed by atoms with Crippen molar-refractivity contribution >= 4 is 11.6 Å². The van der Waals surface area contributed by atoms with Crippen LogP contribution >= 0.6 is 11.6 Å². The molecule has 1 aliphatic rings. The Labute approximate surface area is 116 Å². The standard InChI is InChI=1S/C16H24ClN/c1-4-18-16(10-13-6-5-7-13)14-8-12(3)15(17)9-11(14)2/h8-9,13,16,18H,4-7,10H2,1-3H3. The van der Waals surface area contributed by atoms with Gasteiger partial charge in [-0.05, 0) is 55.5 Å². The van der Waals surface area contributed by atoms with Gasteiger partial charge in [0.2, 0.25) is 0 Å². The summed E-state index contributed by atoms with van der Waals surface area (Å²) in [6.45, 7) is 7.48. The van der Waals surface area contributed by atoms with E-state index in [0.29, 0.717) is 6.04 Å². The van der Waals surface area contributed by atoms with E-state index in [1.54, 1.807) is 0 Å². The Morgan fingerprint density at radius 3 is 2.56 bits per heavy atom. The average Bonchev–Trinajstić information content (AvgIpc) is 2.27. The molecule has 1 atom stereocenters. The summed E-state index contributed by atoms with van der Waals surface area (Å²) < 4.78 is 0. The third-order valence-electron chi connectivity index (χ3n) is 4.17. The van der Waals surface area contributed by atoms with Crippen molar-refractivity contribution < 1.29 is 0 Å². The highest BCUT2D eigenvalue weighted by Crippen LogP contribution is 2.36. The molecule has 1 saturated carbocycles. The predicted octanol–water partition coefficient (Wildman–Crippen LogP) is 4.80. The monoisotopic (exact) mass is 265 g/mol. The zero-order valence-corrected chi connectivity index (χ0v) is 12.5. The van der Waals surface area contributed by atoms with Gasteiger partial charge in [-0.1, -0.05) is 43.9 Å². The first kappa shape index (κ1) is 13.9. The van der Waals surface area contributed by atoms with Gasteiger partial charge < -0.3 is 5.32 Å². The molecule has 2 rings (SSSR count). The zero-order chi connectivity index (χ0) is 13.1. The molecule has 0 spiro atoms. The van der Waals surface area contributed by atoms with Gasteiger partial charge >= 0.3 is 0 Å². The van der Waals surface area contributed by atoms with Crippen molar-refractivity contribution in [3.05, 3.63) is 33.8 Å². The van der Waals surface area contributed by atoms with Crippen LogP contribution in [0.4, 0.5) is 0 Å². The van der Waals surface area contributed by atoms with Gasteiger partial charge in [-0.25, -0.2) is 0 Å². The van der Waals surface area contributed by atoms with E-state index in [0.717, 1.165) is 17.5 Å². The van der Waals surface area contributed by atoms with E-state index >= 15 is 0 Å². The molecule has 1 N–H and O–H groups in total. The minimum atomic E-state index is 0.497. The van der Waals surface area contributed by atoms with Crippen LogP contribution in [0.25, 0.3) is 0 Å². The highest BCUT2D eigenvalue weighted by Gasteiger charge is 2.23. The second kappa shape index (κ2) is 6.08. The summed E-state index contributed by atoms with van der Waals surface area (Å²) in [6.07, 6.45) is 5.51. The normalized spacial score (nSPS) is 17.6. The van der Waals surface area contributed by atoms with Crippen LogP contribution in [-0.4, -0.2) is 6.54 Å². The van der Waals surface area contributed by atoms with Crippen LogP contribution in [-0.2, 0) is 0 Å². The van der Waals surface area contributed by atoms with Crippen LogP contribution in [0.1, 0.15) is 55.3 Å². The molecule has 0 aliphatic heterocycles. The maximum absolute atomic E-state index is 6.19. The lowest BCUT2D eigenvalue weighted by molar-refractivity contribution is 0.262. The molecule has 0 heterocycles. The maximum Gasteiger partial charge on any atom is 0.0438 e. The summed E-state index contributed by atoms with van der Waals surface area (Å²) in [5.41, 5.74) is 3.94. The van der Waals surface area contributed by atoms with E-state index in [2.05, 4.69) is 38.2 Å². The van der Waals surface area contributed by atoms with Crippen LogP contribution in [0.15, 0.2) is 12.1 Å². The molecule has 1 aliphatic carbocycles. The number of halogens is 1. The fraction of sp³-hybridized carbons (Fsp3) is 0.625. The first-order chi connectivity index (χ1) is 8.61. The number of aryl methyl sites for hydroxylation is 2. The van der Waals surface area contributed by atoms with Crippen molar-refractivity contribution in [2.24, 2.45) is 5.92 Å². The molecule has 1 fully saturated rings. The molecular formula is C16H24ClN. The number of hydrogen-bond donors (Lipinski definition) is 1. The fourth-order valence-electron chi connectivity index (χ4n) is 2.81. The van der Waals surface area contributed by atoms with Gasteiger partial charge in [0.25, 0.3) is 0 Å². The highest BCUT2D eigenvalue weighted by atomic mass is 35.5. The van der Waals surface area contributed by atoms with E-state index in [9.17, 15) is 0 Å². The van der Waals surface area contributed by atoms with Gasteiger partial charge in [0.1, 0.15) is 0 Å². The van der Waals surface area contributed by atoms with Crippen molar-refractivity contribution in [1.29, 1.82) is 0 Å². The van der Waals surface area contributed by atoms with E-state index in [1.807, 2.05) is 0 Å². The Balaban J connectivity index is 2.20. The van der Waals surface area contributed by atoms with Crippen molar-refractivity contribution in [3.8, 4) is 0 Å². The van der Waals surface area contributed by atoms with Gasteiger partial charge in [0.15, 0.2) is 0 Å². The summed E-state index contributed by atoms with van der Waals surface area (Å²) in [4.78, 5) is 0. The van der Waals surface area contributed by atoms with Crippen LogP contribution in [0, 0.1) is 19.8 Å². The molecule has 0 amide bonds. The molecule has 1 aromatic carbocycles. The molecular weight excluding hydrogens is 242 g/mol. The summed E-state index contributed by atoms with van der Waals surface area (Å²) in [6, 6.07) is 4.87. The minimum absolute atomic E-state index is 0.497. The molecule has 0 bridgehead atoms. The van der Waals surface area contributed by atoms with Gasteiger partial charge in [-0.15, -0.1) is 0 Å². The van der Waals surface area contributed by atoms with Crippen molar-refractivity contribution in [2.75, 3.05) is 6.54 Å². The van der Waals surface area contributed by atoms with Crippen LogP contribution in [0.5, 0.6) is 0 Å². The molecule has 2 heteroatoms. The van der Waals surface area contributed by atoms with E-state index in [4.69, 9.17) is 11.6 Å². The number of rotatable bonds is 5. The third kappa shape index (κ3) is 3.07. The van der Waals surface area contributed by atoms with Crippen LogP contribution in [0.2, 0.25) is 5.02 Å². The smallest absolute Gasteiger partial charge is 0.0438 e. The van der Waals surface area contributed by atoms with Gasteiger partial charge in [0, 0.05) is 11.1 Å². The maximum atomic E-state index is 6.19. The number of nitrogens with one attached hydrogen (secondary N) is 1.